The predicted molar refractivity (Wildman–Crippen MR) is 51.5 cm³/mol. The molecule has 0 rings (SSSR count). The molecule has 0 aliphatic carbocycles. The van der Waals surface area contributed by atoms with Crippen molar-refractivity contribution in [3.63, 3.8) is 0 Å². The molecule has 1 unspecified atom stereocenters. The molecule has 0 aliphatic rings. The van der Waals surface area contributed by atoms with Crippen molar-refractivity contribution in [1.29, 1.82) is 0 Å². The highest BCUT2D eigenvalue weighted by Crippen LogP contribution is 2.02. The summed E-state index contributed by atoms with van der Waals surface area (Å²) in [5, 5.41) is 27.4. The Morgan fingerprint density at radius 1 is 1.20 bits per heavy atom. The number of rotatable bonds is 7. The van der Waals surface area contributed by atoms with Gasteiger partial charge in [0.25, 0.3) is 10.1 Å². The Hall–Kier alpha value is -0.290. The molecule has 0 aromatic carbocycles. The number of aliphatic hydroxyl groups is 3. The molecular formula is C6H16N2O6S. The fourth-order valence-corrected chi connectivity index (χ4v) is 1.03. The predicted octanol–water partition coefficient (Wildman–Crippen LogP) is -3.54. The maximum absolute atomic E-state index is 10.5. The van der Waals surface area contributed by atoms with Crippen LogP contribution in [0.2, 0.25) is 0 Å². The average molecular weight is 244 g/mol. The zero-order valence-corrected chi connectivity index (χ0v) is 8.81. The molecule has 0 aliphatic heterocycles. The summed E-state index contributed by atoms with van der Waals surface area (Å²) >= 11 is 0. The highest BCUT2D eigenvalue weighted by molar-refractivity contribution is 7.86. The van der Waals surface area contributed by atoms with E-state index in [1.807, 2.05) is 0 Å². The maximum Gasteiger partial charge on any atom is 0.282 e. The second kappa shape index (κ2) is 5.70. The van der Waals surface area contributed by atoms with E-state index < -0.39 is 47.4 Å². The molecule has 0 aromatic rings. The van der Waals surface area contributed by atoms with Gasteiger partial charge < -0.3 is 26.4 Å². The van der Waals surface area contributed by atoms with Crippen LogP contribution in [-0.2, 0) is 10.1 Å². The standard InChI is InChI=1S/C6H16N2O6S/c7-5(15(12,13)14)1-8-6(2-9,3-10)4-11/h5,8-11H,1-4,7H2,(H,12,13,14). The van der Waals surface area contributed by atoms with Crippen molar-refractivity contribution in [3.05, 3.63) is 0 Å². The van der Waals surface area contributed by atoms with E-state index in [0.717, 1.165) is 0 Å². The molecule has 0 saturated carbocycles. The molecule has 0 aromatic heterocycles. The van der Waals surface area contributed by atoms with E-state index in [-0.39, 0.29) is 0 Å². The third-order valence-corrected chi connectivity index (χ3v) is 2.90. The Morgan fingerprint density at radius 3 is 1.87 bits per heavy atom. The van der Waals surface area contributed by atoms with E-state index in [9.17, 15) is 8.42 Å². The summed E-state index contributed by atoms with van der Waals surface area (Å²) in [4.78, 5) is 0. The van der Waals surface area contributed by atoms with E-state index in [1.54, 1.807) is 0 Å². The minimum atomic E-state index is -4.38. The first-order valence-corrected chi connectivity index (χ1v) is 5.61. The van der Waals surface area contributed by atoms with E-state index >= 15 is 0 Å². The fraction of sp³-hybridized carbons (Fsp3) is 1.00. The van der Waals surface area contributed by atoms with Crippen LogP contribution in [0.3, 0.4) is 0 Å². The zero-order valence-electron chi connectivity index (χ0n) is 8.00. The Labute approximate surface area is 87.5 Å². The Morgan fingerprint density at radius 2 is 1.60 bits per heavy atom. The van der Waals surface area contributed by atoms with Gasteiger partial charge >= 0.3 is 0 Å². The summed E-state index contributed by atoms with van der Waals surface area (Å²) in [7, 11) is -4.38. The Balaban J connectivity index is 4.35. The van der Waals surface area contributed by atoms with Crippen molar-refractivity contribution in [1.82, 2.24) is 5.32 Å². The quantitative estimate of drug-likeness (QED) is 0.252. The molecule has 0 bridgehead atoms. The van der Waals surface area contributed by atoms with Gasteiger partial charge in [0.15, 0.2) is 0 Å². The van der Waals surface area contributed by atoms with Gasteiger partial charge in [-0.25, -0.2) is 0 Å². The molecule has 0 fully saturated rings. The molecule has 0 spiro atoms. The summed E-state index contributed by atoms with van der Waals surface area (Å²) in [6.07, 6.45) is 0. The van der Waals surface area contributed by atoms with Gasteiger partial charge in [-0.2, -0.15) is 8.42 Å². The zero-order chi connectivity index (χ0) is 12.1. The minimum absolute atomic E-state index is 0.402. The Bertz CT molecular complexity index is 267. The molecule has 0 heterocycles. The number of hydrogen-bond acceptors (Lipinski definition) is 7. The lowest BCUT2D eigenvalue weighted by molar-refractivity contribution is 0.0428. The van der Waals surface area contributed by atoms with Gasteiger partial charge in [0, 0.05) is 6.54 Å². The molecule has 0 amide bonds. The normalized spacial score (nSPS) is 15.3. The smallest absolute Gasteiger partial charge is 0.282 e. The third kappa shape index (κ3) is 4.38. The van der Waals surface area contributed by atoms with Crippen molar-refractivity contribution in [2.24, 2.45) is 5.73 Å². The van der Waals surface area contributed by atoms with E-state index in [4.69, 9.17) is 25.6 Å². The van der Waals surface area contributed by atoms with Gasteiger partial charge in [0.05, 0.1) is 25.4 Å². The van der Waals surface area contributed by atoms with Crippen molar-refractivity contribution in [3.8, 4) is 0 Å². The molecule has 1 atom stereocenters. The second-order valence-corrected chi connectivity index (χ2v) is 4.82. The monoisotopic (exact) mass is 244 g/mol. The van der Waals surface area contributed by atoms with Gasteiger partial charge in [0.1, 0.15) is 5.37 Å². The van der Waals surface area contributed by atoms with Gasteiger partial charge in [-0.05, 0) is 0 Å². The van der Waals surface area contributed by atoms with Crippen molar-refractivity contribution >= 4 is 10.1 Å². The lowest BCUT2D eigenvalue weighted by atomic mass is 10.0. The lowest BCUT2D eigenvalue weighted by Gasteiger charge is -2.29. The summed E-state index contributed by atoms with van der Waals surface area (Å²) in [6, 6.07) is 0. The minimum Gasteiger partial charge on any atom is -0.394 e. The van der Waals surface area contributed by atoms with E-state index in [2.05, 4.69) is 5.32 Å². The molecule has 0 saturated heterocycles. The number of aliphatic hydroxyl groups excluding tert-OH is 3. The molecule has 9 heteroatoms. The van der Waals surface area contributed by atoms with Gasteiger partial charge in [-0.15, -0.1) is 0 Å². The summed E-state index contributed by atoms with van der Waals surface area (Å²) < 4.78 is 29.6. The molecule has 8 nitrogen and oxygen atoms in total. The van der Waals surface area contributed by atoms with Crippen LogP contribution in [0.5, 0.6) is 0 Å². The van der Waals surface area contributed by atoms with E-state index in [1.165, 1.54) is 0 Å². The van der Waals surface area contributed by atoms with Crippen LogP contribution in [0.25, 0.3) is 0 Å². The van der Waals surface area contributed by atoms with Gasteiger partial charge in [-0.1, -0.05) is 0 Å². The van der Waals surface area contributed by atoms with Crippen LogP contribution in [0, 0.1) is 0 Å². The third-order valence-electron chi connectivity index (χ3n) is 1.97. The summed E-state index contributed by atoms with van der Waals surface area (Å²) in [5.41, 5.74) is 3.66. The van der Waals surface area contributed by atoms with Crippen molar-refractivity contribution in [2.75, 3.05) is 26.4 Å². The van der Waals surface area contributed by atoms with Gasteiger partial charge in [-0.3, -0.25) is 4.55 Å². The highest BCUT2D eigenvalue weighted by atomic mass is 32.2. The Kier molecular flexibility index (Phi) is 5.59. The molecule has 92 valence electrons. The summed E-state index contributed by atoms with van der Waals surface area (Å²) in [5.74, 6) is 0. The number of nitrogens with one attached hydrogen (secondary N) is 1. The lowest BCUT2D eigenvalue weighted by Crippen LogP contribution is -2.58. The van der Waals surface area contributed by atoms with Crippen LogP contribution >= 0.6 is 0 Å². The van der Waals surface area contributed by atoms with Gasteiger partial charge in [0.2, 0.25) is 0 Å². The molecule has 0 radical (unpaired) electrons. The van der Waals surface area contributed by atoms with E-state index in [0.29, 0.717) is 0 Å². The largest absolute Gasteiger partial charge is 0.394 e. The first-order chi connectivity index (χ1) is 6.81. The van der Waals surface area contributed by atoms with Crippen LogP contribution in [0.4, 0.5) is 0 Å². The first kappa shape index (κ1) is 14.7. The van der Waals surface area contributed by atoms with Crippen LogP contribution in [-0.4, -0.2) is 65.6 Å². The number of nitrogens with two attached hydrogens (primary N) is 1. The highest BCUT2D eigenvalue weighted by Gasteiger charge is 2.29. The maximum atomic E-state index is 10.5. The fourth-order valence-electron chi connectivity index (χ4n) is 0.740. The molecule has 15 heavy (non-hydrogen) atoms. The average Bonchev–Trinajstić information content (AvgIpc) is 2.19. The van der Waals surface area contributed by atoms with Crippen molar-refractivity contribution < 1.29 is 28.3 Å². The van der Waals surface area contributed by atoms with Crippen molar-refractivity contribution in [2.45, 2.75) is 10.9 Å². The molecule has 7 N–H and O–H groups in total. The first-order valence-electron chi connectivity index (χ1n) is 4.11. The second-order valence-electron chi connectivity index (χ2n) is 3.19. The SMILES string of the molecule is NC(CNC(CO)(CO)CO)S(=O)(=O)O. The molecular weight excluding hydrogens is 228 g/mol. The van der Waals surface area contributed by atoms with Crippen LogP contribution < -0.4 is 11.1 Å². The topological polar surface area (TPSA) is 153 Å². The van der Waals surface area contributed by atoms with Crippen LogP contribution in [0.15, 0.2) is 0 Å². The summed E-state index contributed by atoms with van der Waals surface area (Å²) in [6.45, 7) is -2.20. The van der Waals surface area contributed by atoms with Crippen LogP contribution in [0.1, 0.15) is 0 Å². The number of hydrogen-bond donors (Lipinski definition) is 6.